The predicted molar refractivity (Wildman–Crippen MR) is 75.8 cm³/mol. The van der Waals surface area contributed by atoms with Crippen LogP contribution in [0.3, 0.4) is 0 Å². The molecular weight excluding hydrogens is 254 g/mol. The average molecular weight is 273 g/mol. The summed E-state index contributed by atoms with van der Waals surface area (Å²) >= 11 is 0. The van der Waals surface area contributed by atoms with E-state index in [9.17, 15) is 4.79 Å². The molecule has 5 nitrogen and oxygen atoms in total. The summed E-state index contributed by atoms with van der Waals surface area (Å²) in [4.78, 5) is 15.7. The molecule has 0 saturated carbocycles. The maximum absolute atomic E-state index is 10.8. The number of amides is 1. The summed E-state index contributed by atoms with van der Waals surface area (Å²) in [6, 6.07) is 10.3. The zero-order valence-corrected chi connectivity index (χ0v) is 11.8. The Bertz CT molecular complexity index is 552. The quantitative estimate of drug-likeness (QED) is 0.620. The number of carbonyl (C=O) groups is 1. The van der Waals surface area contributed by atoms with Crippen molar-refractivity contribution in [2.45, 2.75) is 26.3 Å². The van der Waals surface area contributed by atoms with E-state index in [4.69, 9.17) is 4.84 Å². The molecule has 0 fully saturated rings. The molecule has 0 spiro atoms. The number of rotatable bonds is 7. The number of carbonyl (C=O) groups excluding carboxylic acids is 1. The standard InChI is InChI=1S/C15H19N3O2/c1-12-14(9-8-13-6-4-3-5-7-13)15(17-16-12)10-18(11-19)20-2/h3-7,11H,8-10H2,1-2H3,(H,16,17). The molecule has 0 unspecified atom stereocenters. The van der Waals surface area contributed by atoms with Gasteiger partial charge in [-0.15, -0.1) is 0 Å². The summed E-state index contributed by atoms with van der Waals surface area (Å²) in [6.45, 7) is 2.35. The molecule has 0 saturated heterocycles. The predicted octanol–water partition coefficient (Wildman–Crippen LogP) is 2.02. The Hall–Kier alpha value is -2.14. The van der Waals surface area contributed by atoms with Crippen LogP contribution in [0.2, 0.25) is 0 Å². The third-order valence-electron chi connectivity index (χ3n) is 3.32. The first-order valence-electron chi connectivity index (χ1n) is 6.57. The fourth-order valence-corrected chi connectivity index (χ4v) is 2.17. The van der Waals surface area contributed by atoms with Crippen LogP contribution in [-0.2, 0) is 29.0 Å². The largest absolute Gasteiger partial charge is 0.282 e. The molecule has 2 rings (SSSR count). The number of aromatic amines is 1. The molecule has 0 aliphatic heterocycles. The van der Waals surface area contributed by atoms with Gasteiger partial charge in [-0.2, -0.15) is 5.10 Å². The monoisotopic (exact) mass is 273 g/mol. The van der Waals surface area contributed by atoms with E-state index in [0.717, 1.165) is 29.8 Å². The van der Waals surface area contributed by atoms with Crippen molar-refractivity contribution in [3.8, 4) is 0 Å². The first-order chi connectivity index (χ1) is 9.74. The molecule has 2 aromatic rings. The lowest BCUT2D eigenvalue weighted by atomic mass is 10.0. The topological polar surface area (TPSA) is 58.2 Å². The molecule has 1 aromatic carbocycles. The molecule has 1 heterocycles. The minimum absolute atomic E-state index is 0.356. The van der Waals surface area contributed by atoms with Gasteiger partial charge < -0.3 is 0 Å². The summed E-state index contributed by atoms with van der Waals surface area (Å²) in [5.41, 5.74) is 4.33. The highest BCUT2D eigenvalue weighted by molar-refractivity contribution is 5.45. The fourth-order valence-electron chi connectivity index (χ4n) is 2.17. The highest BCUT2D eigenvalue weighted by Crippen LogP contribution is 2.15. The second-order valence-electron chi connectivity index (χ2n) is 4.62. The molecule has 0 aliphatic rings. The molecule has 1 aromatic heterocycles. The normalized spacial score (nSPS) is 10.5. The highest BCUT2D eigenvalue weighted by atomic mass is 16.7. The molecule has 20 heavy (non-hydrogen) atoms. The SMILES string of the molecule is CON(C=O)Cc1n[nH]c(C)c1CCc1ccccc1. The summed E-state index contributed by atoms with van der Waals surface area (Å²) < 4.78 is 0. The second-order valence-corrected chi connectivity index (χ2v) is 4.62. The van der Waals surface area contributed by atoms with Crippen LogP contribution in [0.15, 0.2) is 30.3 Å². The fraction of sp³-hybridized carbons (Fsp3) is 0.333. The maximum Gasteiger partial charge on any atom is 0.233 e. The Morgan fingerprint density at radius 2 is 2.05 bits per heavy atom. The van der Waals surface area contributed by atoms with Gasteiger partial charge in [-0.3, -0.25) is 14.7 Å². The Labute approximate surface area is 118 Å². The Balaban J connectivity index is 2.07. The zero-order chi connectivity index (χ0) is 14.4. The third kappa shape index (κ3) is 3.45. The van der Waals surface area contributed by atoms with Gasteiger partial charge in [0.15, 0.2) is 0 Å². The van der Waals surface area contributed by atoms with Crippen molar-refractivity contribution in [3.05, 3.63) is 52.8 Å². The lowest BCUT2D eigenvalue weighted by Crippen LogP contribution is -2.20. The van der Waals surface area contributed by atoms with Gasteiger partial charge in [-0.1, -0.05) is 30.3 Å². The van der Waals surface area contributed by atoms with Crippen molar-refractivity contribution < 1.29 is 9.63 Å². The molecule has 106 valence electrons. The smallest absolute Gasteiger partial charge is 0.233 e. The van der Waals surface area contributed by atoms with Crippen LogP contribution in [0.1, 0.15) is 22.5 Å². The van der Waals surface area contributed by atoms with E-state index >= 15 is 0 Å². The van der Waals surface area contributed by atoms with Gasteiger partial charge in [-0.05, 0) is 30.9 Å². The average Bonchev–Trinajstić information content (AvgIpc) is 2.84. The maximum atomic E-state index is 10.8. The second kappa shape index (κ2) is 6.86. The van der Waals surface area contributed by atoms with Crippen LogP contribution in [0, 0.1) is 6.92 Å². The first-order valence-corrected chi connectivity index (χ1v) is 6.57. The Morgan fingerprint density at radius 3 is 2.70 bits per heavy atom. The van der Waals surface area contributed by atoms with E-state index in [1.54, 1.807) is 0 Å². The number of benzene rings is 1. The van der Waals surface area contributed by atoms with Gasteiger partial charge in [0, 0.05) is 5.69 Å². The van der Waals surface area contributed by atoms with Gasteiger partial charge in [-0.25, -0.2) is 5.06 Å². The minimum atomic E-state index is 0.356. The zero-order valence-electron chi connectivity index (χ0n) is 11.8. The van der Waals surface area contributed by atoms with E-state index in [1.807, 2.05) is 25.1 Å². The van der Waals surface area contributed by atoms with Crippen LogP contribution in [0.4, 0.5) is 0 Å². The van der Waals surface area contributed by atoms with Crippen LogP contribution in [0.5, 0.6) is 0 Å². The van der Waals surface area contributed by atoms with Crippen molar-refractivity contribution in [1.82, 2.24) is 15.3 Å². The van der Waals surface area contributed by atoms with Gasteiger partial charge in [0.05, 0.1) is 19.3 Å². The summed E-state index contributed by atoms with van der Waals surface area (Å²) in [7, 11) is 1.47. The van der Waals surface area contributed by atoms with Gasteiger partial charge in [0.1, 0.15) is 0 Å². The number of hydrogen-bond donors (Lipinski definition) is 1. The van der Waals surface area contributed by atoms with E-state index in [-0.39, 0.29) is 0 Å². The number of nitrogens with one attached hydrogen (secondary N) is 1. The third-order valence-corrected chi connectivity index (χ3v) is 3.32. The van der Waals surface area contributed by atoms with Crippen LogP contribution >= 0.6 is 0 Å². The van der Waals surface area contributed by atoms with E-state index in [1.165, 1.54) is 17.7 Å². The van der Waals surface area contributed by atoms with Gasteiger partial charge in [0.25, 0.3) is 0 Å². The van der Waals surface area contributed by atoms with Crippen molar-refractivity contribution in [2.24, 2.45) is 0 Å². The van der Waals surface area contributed by atoms with Crippen molar-refractivity contribution in [1.29, 1.82) is 0 Å². The van der Waals surface area contributed by atoms with Gasteiger partial charge in [0.2, 0.25) is 6.41 Å². The molecule has 5 heteroatoms. The molecular formula is C15H19N3O2. The molecule has 0 bridgehead atoms. The number of H-pyrrole nitrogens is 1. The first kappa shape index (κ1) is 14.3. The van der Waals surface area contributed by atoms with Crippen LogP contribution in [-0.4, -0.2) is 28.8 Å². The van der Waals surface area contributed by atoms with Crippen molar-refractivity contribution in [3.63, 3.8) is 0 Å². The van der Waals surface area contributed by atoms with E-state index < -0.39 is 0 Å². The van der Waals surface area contributed by atoms with Crippen LogP contribution < -0.4 is 0 Å². The van der Waals surface area contributed by atoms with E-state index in [2.05, 4.69) is 22.3 Å². The Kier molecular flexibility index (Phi) is 4.90. The van der Waals surface area contributed by atoms with Crippen molar-refractivity contribution >= 4 is 6.41 Å². The van der Waals surface area contributed by atoms with Gasteiger partial charge >= 0.3 is 0 Å². The minimum Gasteiger partial charge on any atom is -0.282 e. The van der Waals surface area contributed by atoms with Crippen LogP contribution in [0.25, 0.3) is 0 Å². The molecule has 0 aliphatic carbocycles. The lowest BCUT2D eigenvalue weighted by molar-refractivity contribution is -0.164. The number of aryl methyl sites for hydroxylation is 2. The number of hydrogen-bond acceptors (Lipinski definition) is 3. The summed E-state index contributed by atoms with van der Waals surface area (Å²) in [5.74, 6) is 0. The molecule has 0 atom stereocenters. The number of nitrogens with zero attached hydrogens (tertiary/aromatic N) is 2. The molecule has 0 radical (unpaired) electrons. The molecule has 1 amide bonds. The number of hydroxylamine groups is 2. The Morgan fingerprint density at radius 1 is 1.30 bits per heavy atom. The number of aromatic nitrogens is 2. The van der Waals surface area contributed by atoms with Crippen molar-refractivity contribution in [2.75, 3.05) is 7.11 Å². The molecule has 1 N–H and O–H groups in total. The summed E-state index contributed by atoms with van der Waals surface area (Å²) in [6.07, 6.45) is 2.49. The highest BCUT2D eigenvalue weighted by Gasteiger charge is 2.13. The lowest BCUT2D eigenvalue weighted by Gasteiger charge is -2.13. The summed E-state index contributed by atoms with van der Waals surface area (Å²) in [5, 5.41) is 8.46. The van der Waals surface area contributed by atoms with E-state index in [0.29, 0.717) is 13.0 Å².